The Balaban J connectivity index is 2.86. The number of hydrogen-bond acceptors (Lipinski definition) is 3. The van der Waals surface area contributed by atoms with Crippen LogP contribution < -0.4 is 9.47 Å². The Morgan fingerprint density at radius 2 is 2.11 bits per heavy atom. The van der Waals surface area contributed by atoms with E-state index in [0.29, 0.717) is 11.5 Å². The first-order valence-corrected chi connectivity index (χ1v) is 6.64. The molecule has 0 amide bonds. The fraction of sp³-hybridized carbons (Fsp3) is 0.438. The molecule has 0 spiro atoms. The molecule has 0 radical (unpaired) electrons. The molecule has 0 fully saturated rings. The molecule has 1 rings (SSSR count). The van der Waals surface area contributed by atoms with Gasteiger partial charge in [-0.15, -0.1) is 0 Å². The lowest BCUT2D eigenvalue weighted by Crippen LogP contribution is -2.17. The average molecular weight is 262 g/mol. The topological polar surface area (TPSA) is 35.5 Å². The third-order valence-electron chi connectivity index (χ3n) is 2.88. The van der Waals surface area contributed by atoms with Gasteiger partial charge in [-0.1, -0.05) is 38.5 Å². The molecule has 0 saturated heterocycles. The number of methoxy groups -OCH3 is 1. The molecule has 1 unspecified atom stereocenters. The van der Waals surface area contributed by atoms with E-state index in [1.807, 2.05) is 38.1 Å². The summed E-state index contributed by atoms with van der Waals surface area (Å²) in [5.41, 5.74) is 1.01. The number of allylic oxidation sites excluding steroid dienone is 1. The molecule has 19 heavy (non-hydrogen) atoms. The van der Waals surface area contributed by atoms with E-state index in [1.54, 1.807) is 13.2 Å². The average Bonchev–Trinajstić information content (AvgIpc) is 2.41. The smallest absolute Gasteiger partial charge is 0.314 e. The van der Waals surface area contributed by atoms with E-state index in [1.165, 1.54) is 0 Å². The van der Waals surface area contributed by atoms with Gasteiger partial charge in [-0.2, -0.15) is 0 Å². The summed E-state index contributed by atoms with van der Waals surface area (Å²) >= 11 is 0. The number of carbonyl (C=O) groups excluding carboxylic acids is 1. The summed E-state index contributed by atoms with van der Waals surface area (Å²) in [7, 11) is 1.57. The minimum atomic E-state index is -0.209. The minimum Gasteiger partial charge on any atom is -0.493 e. The highest BCUT2D eigenvalue weighted by Gasteiger charge is 2.16. The Kier molecular flexibility index (Phi) is 6.13. The van der Waals surface area contributed by atoms with Gasteiger partial charge in [0.05, 0.1) is 13.0 Å². The van der Waals surface area contributed by atoms with Crippen LogP contribution in [0.15, 0.2) is 24.3 Å². The van der Waals surface area contributed by atoms with Gasteiger partial charge in [0.1, 0.15) is 0 Å². The number of rotatable bonds is 6. The van der Waals surface area contributed by atoms with Crippen LogP contribution in [0.1, 0.15) is 39.2 Å². The second-order valence-corrected chi connectivity index (χ2v) is 4.52. The highest BCUT2D eigenvalue weighted by Crippen LogP contribution is 2.29. The van der Waals surface area contributed by atoms with Gasteiger partial charge in [-0.05, 0) is 31.0 Å². The molecule has 1 aromatic carbocycles. The molecule has 0 aliphatic heterocycles. The SMILES string of the molecule is C/C=C/c1ccc(OC(=O)C(C)CCC)c(OC)c1. The van der Waals surface area contributed by atoms with Crippen LogP contribution in [0.2, 0.25) is 0 Å². The Labute approximate surface area is 115 Å². The second-order valence-electron chi connectivity index (χ2n) is 4.52. The number of ether oxygens (including phenoxy) is 2. The van der Waals surface area contributed by atoms with Gasteiger partial charge in [-0.25, -0.2) is 0 Å². The Morgan fingerprint density at radius 1 is 1.37 bits per heavy atom. The standard InChI is InChI=1S/C16H22O3/c1-5-7-12(3)16(17)19-14-10-9-13(8-6-2)11-15(14)18-4/h6,8-12H,5,7H2,1-4H3/b8-6+. The molecule has 3 heteroatoms. The van der Waals surface area contributed by atoms with Gasteiger partial charge < -0.3 is 9.47 Å². The zero-order chi connectivity index (χ0) is 14.3. The van der Waals surface area contributed by atoms with Crippen LogP contribution in [0, 0.1) is 5.92 Å². The lowest BCUT2D eigenvalue weighted by molar-refractivity contribution is -0.138. The largest absolute Gasteiger partial charge is 0.493 e. The first kappa shape index (κ1) is 15.3. The Hall–Kier alpha value is -1.77. The second kappa shape index (κ2) is 7.62. The minimum absolute atomic E-state index is 0.0927. The fourth-order valence-corrected chi connectivity index (χ4v) is 1.82. The van der Waals surface area contributed by atoms with E-state index < -0.39 is 0 Å². The zero-order valence-corrected chi connectivity index (χ0v) is 12.1. The van der Waals surface area contributed by atoms with Crippen molar-refractivity contribution in [3.63, 3.8) is 0 Å². The van der Waals surface area contributed by atoms with E-state index in [4.69, 9.17) is 9.47 Å². The molecule has 1 aromatic rings. The van der Waals surface area contributed by atoms with Crippen molar-refractivity contribution in [3.05, 3.63) is 29.8 Å². The van der Waals surface area contributed by atoms with Gasteiger partial charge >= 0.3 is 5.97 Å². The van der Waals surface area contributed by atoms with Crippen LogP contribution in [-0.4, -0.2) is 13.1 Å². The van der Waals surface area contributed by atoms with Crippen LogP contribution >= 0.6 is 0 Å². The predicted octanol–water partition coefficient (Wildman–Crippen LogP) is 4.07. The van der Waals surface area contributed by atoms with Crippen LogP contribution in [0.4, 0.5) is 0 Å². The molecule has 0 aliphatic carbocycles. The lowest BCUT2D eigenvalue weighted by atomic mass is 10.1. The molecule has 0 bridgehead atoms. The zero-order valence-electron chi connectivity index (χ0n) is 12.1. The van der Waals surface area contributed by atoms with Gasteiger partial charge in [0.2, 0.25) is 0 Å². The Morgan fingerprint density at radius 3 is 2.68 bits per heavy atom. The molecule has 3 nitrogen and oxygen atoms in total. The van der Waals surface area contributed by atoms with E-state index in [9.17, 15) is 4.79 Å². The first-order chi connectivity index (χ1) is 9.12. The van der Waals surface area contributed by atoms with Crippen molar-refractivity contribution in [3.8, 4) is 11.5 Å². The maximum absolute atomic E-state index is 11.9. The van der Waals surface area contributed by atoms with Crippen molar-refractivity contribution in [2.75, 3.05) is 7.11 Å². The number of esters is 1. The number of benzene rings is 1. The normalized spacial score (nSPS) is 12.4. The maximum Gasteiger partial charge on any atom is 0.314 e. The summed E-state index contributed by atoms with van der Waals surface area (Å²) in [5.74, 6) is 0.750. The van der Waals surface area contributed by atoms with Gasteiger partial charge in [0.25, 0.3) is 0 Å². The third-order valence-corrected chi connectivity index (χ3v) is 2.88. The summed E-state index contributed by atoms with van der Waals surface area (Å²) in [4.78, 5) is 11.9. The molecule has 104 valence electrons. The molecule has 1 atom stereocenters. The van der Waals surface area contributed by atoms with Gasteiger partial charge in [0.15, 0.2) is 11.5 Å². The number of carbonyl (C=O) groups is 1. The van der Waals surface area contributed by atoms with Crippen molar-refractivity contribution < 1.29 is 14.3 Å². The molecular formula is C16H22O3. The van der Waals surface area contributed by atoms with E-state index in [2.05, 4.69) is 6.92 Å². The predicted molar refractivity (Wildman–Crippen MR) is 77.4 cm³/mol. The molecular weight excluding hydrogens is 240 g/mol. The van der Waals surface area contributed by atoms with E-state index >= 15 is 0 Å². The monoisotopic (exact) mass is 262 g/mol. The summed E-state index contributed by atoms with van der Waals surface area (Å²) in [6.45, 7) is 5.88. The summed E-state index contributed by atoms with van der Waals surface area (Å²) in [6, 6.07) is 5.52. The first-order valence-electron chi connectivity index (χ1n) is 6.64. The van der Waals surface area contributed by atoms with Gasteiger partial charge in [-0.3, -0.25) is 4.79 Å². The summed E-state index contributed by atoms with van der Waals surface area (Å²) in [5, 5.41) is 0. The fourth-order valence-electron chi connectivity index (χ4n) is 1.82. The van der Waals surface area contributed by atoms with Crippen LogP contribution in [0.3, 0.4) is 0 Å². The van der Waals surface area contributed by atoms with Gasteiger partial charge in [0, 0.05) is 0 Å². The van der Waals surface area contributed by atoms with Crippen LogP contribution in [0.25, 0.3) is 6.08 Å². The highest BCUT2D eigenvalue weighted by atomic mass is 16.6. The van der Waals surface area contributed by atoms with E-state index in [-0.39, 0.29) is 11.9 Å². The molecule has 0 heterocycles. The van der Waals surface area contributed by atoms with Crippen molar-refractivity contribution in [2.24, 2.45) is 5.92 Å². The molecule has 0 saturated carbocycles. The van der Waals surface area contributed by atoms with Crippen LogP contribution in [-0.2, 0) is 4.79 Å². The quantitative estimate of drug-likeness (QED) is 0.572. The van der Waals surface area contributed by atoms with Crippen LogP contribution in [0.5, 0.6) is 11.5 Å². The highest BCUT2D eigenvalue weighted by molar-refractivity contribution is 5.75. The van der Waals surface area contributed by atoms with Crippen molar-refractivity contribution in [2.45, 2.75) is 33.6 Å². The van der Waals surface area contributed by atoms with E-state index in [0.717, 1.165) is 18.4 Å². The number of hydrogen-bond donors (Lipinski definition) is 0. The van der Waals surface area contributed by atoms with Crippen molar-refractivity contribution >= 4 is 12.0 Å². The third kappa shape index (κ3) is 4.43. The molecule has 0 aromatic heterocycles. The Bertz CT molecular complexity index is 449. The molecule has 0 aliphatic rings. The lowest BCUT2D eigenvalue weighted by Gasteiger charge is -2.13. The maximum atomic E-state index is 11.9. The van der Waals surface area contributed by atoms with Crippen molar-refractivity contribution in [1.82, 2.24) is 0 Å². The summed E-state index contributed by atoms with van der Waals surface area (Å²) in [6.07, 6.45) is 5.71. The summed E-state index contributed by atoms with van der Waals surface area (Å²) < 4.78 is 10.7. The molecule has 0 N–H and O–H groups in total. The van der Waals surface area contributed by atoms with Crippen molar-refractivity contribution in [1.29, 1.82) is 0 Å².